The summed E-state index contributed by atoms with van der Waals surface area (Å²) in [6.45, 7) is 0. The van der Waals surface area contributed by atoms with E-state index in [0.717, 1.165) is 6.08 Å². The van der Waals surface area contributed by atoms with Crippen molar-refractivity contribution in [2.75, 3.05) is 0 Å². The maximum absolute atomic E-state index is 10.4. The molecule has 1 aromatic heterocycles. The number of hydrogen-bond acceptors (Lipinski definition) is 3. The van der Waals surface area contributed by atoms with E-state index in [1.54, 1.807) is 7.05 Å². The van der Waals surface area contributed by atoms with Crippen LogP contribution < -0.4 is 0 Å². The molecule has 0 aromatic carbocycles. The lowest BCUT2D eigenvalue weighted by Crippen LogP contribution is -1.90. The van der Waals surface area contributed by atoms with Crippen molar-refractivity contribution in [3.8, 4) is 0 Å². The van der Waals surface area contributed by atoms with E-state index in [0.29, 0.717) is 5.69 Å². The van der Waals surface area contributed by atoms with Crippen LogP contribution in [0.4, 0.5) is 5.69 Å². The number of rotatable bonds is 3. The average Bonchev–Trinajstić information content (AvgIpc) is 2.43. The molecule has 0 fully saturated rings. The van der Waals surface area contributed by atoms with Gasteiger partial charge in [0.1, 0.15) is 0 Å². The van der Waals surface area contributed by atoms with Crippen LogP contribution >= 0.6 is 0 Å². The van der Waals surface area contributed by atoms with Crippen molar-refractivity contribution < 1.29 is 14.8 Å². The fourth-order valence-corrected chi connectivity index (χ4v) is 0.986. The van der Waals surface area contributed by atoms with Gasteiger partial charge in [-0.2, -0.15) is 0 Å². The number of nitrogens with zero attached hydrogens (tertiary/aromatic N) is 2. The molecule has 0 saturated carbocycles. The van der Waals surface area contributed by atoms with Crippen molar-refractivity contribution in [1.29, 1.82) is 0 Å². The van der Waals surface area contributed by atoms with Gasteiger partial charge in [0.2, 0.25) is 0 Å². The molecule has 14 heavy (non-hydrogen) atoms. The Morgan fingerprint density at radius 2 is 2.36 bits per heavy atom. The van der Waals surface area contributed by atoms with Crippen molar-refractivity contribution in [3.05, 3.63) is 34.1 Å². The summed E-state index contributed by atoms with van der Waals surface area (Å²) in [4.78, 5) is 20.0. The largest absolute Gasteiger partial charge is 0.478 e. The van der Waals surface area contributed by atoms with E-state index in [1.807, 2.05) is 0 Å². The molecule has 1 N–H and O–H groups in total. The smallest absolute Gasteiger partial charge is 0.328 e. The van der Waals surface area contributed by atoms with Crippen molar-refractivity contribution in [2.24, 2.45) is 7.05 Å². The predicted octanol–water partition coefficient (Wildman–Crippen LogP) is 1.03. The van der Waals surface area contributed by atoms with Crippen LogP contribution in [0.25, 0.3) is 6.08 Å². The van der Waals surface area contributed by atoms with Gasteiger partial charge >= 0.3 is 5.97 Å². The van der Waals surface area contributed by atoms with Crippen LogP contribution in [0.3, 0.4) is 0 Å². The minimum absolute atomic E-state index is 0.0578. The number of aliphatic carboxylic acids is 1. The Morgan fingerprint density at radius 1 is 1.71 bits per heavy atom. The quantitative estimate of drug-likeness (QED) is 0.444. The standard InChI is InChI=1S/C8H8N2O4/c1-9-5-7(10(13)14)4-6(9)2-3-8(11)12/h2-5H,1H3,(H,11,12)/b3-2+. The number of hydrogen-bond donors (Lipinski definition) is 1. The normalized spacial score (nSPS) is 10.6. The van der Waals surface area contributed by atoms with Gasteiger partial charge in [-0.25, -0.2) is 4.79 Å². The van der Waals surface area contributed by atoms with Crippen LogP contribution in [-0.2, 0) is 11.8 Å². The Bertz CT molecular complexity index is 405. The van der Waals surface area contributed by atoms with Crippen molar-refractivity contribution in [3.63, 3.8) is 0 Å². The fourth-order valence-electron chi connectivity index (χ4n) is 0.986. The third-order valence-electron chi connectivity index (χ3n) is 1.64. The molecule has 6 nitrogen and oxygen atoms in total. The second-order valence-electron chi connectivity index (χ2n) is 2.66. The zero-order valence-electron chi connectivity index (χ0n) is 7.38. The van der Waals surface area contributed by atoms with E-state index in [9.17, 15) is 14.9 Å². The SMILES string of the molecule is Cn1cc([N+](=O)[O-])cc1/C=C/C(=O)O. The van der Waals surface area contributed by atoms with Crippen LogP contribution in [0, 0.1) is 10.1 Å². The molecule has 0 saturated heterocycles. The molecule has 0 aliphatic carbocycles. The average molecular weight is 196 g/mol. The summed E-state index contributed by atoms with van der Waals surface area (Å²) in [7, 11) is 1.61. The third kappa shape index (κ3) is 2.19. The lowest BCUT2D eigenvalue weighted by atomic mass is 10.3. The van der Waals surface area contributed by atoms with E-state index >= 15 is 0 Å². The highest BCUT2D eigenvalue weighted by Gasteiger charge is 2.09. The molecular formula is C8H8N2O4. The van der Waals surface area contributed by atoms with Crippen LogP contribution in [0.15, 0.2) is 18.3 Å². The topological polar surface area (TPSA) is 85.4 Å². The van der Waals surface area contributed by atoms with Gasteiger partial charge in [0, 0.05) is 24.9 Å². The molecule has 1 aromatic rings. The Hall–Kier alpha value is -2.11. The second kappa shape index (κ2) is 3.73. The summed E-state index contributed by atoms with van der Waals surface area (Å²) in [5, 5.41) is 18.7. The van der Waals surface area contributed by atoms with Crippen molar-refractivity contribution in [2.45, 2.75) is 0 Å². The predicted molar refractivity (Wildman–Crippen MR) is 48.7 cm³/mol. The van der Waals surface area contributed by atoms with Crippen LogP contribution in [0.5, 0.6) is 0 Å². The summed E-state index contributed by atoms with van der Waals surface area (Å²) in [5.41, 5.74) is 0.414. The van der Waals surface area contributed by atoms with Gasteiger partial charge in [-0.1, -0.05) is 0 Å². The summed E-state index contributed by atoms with van der Waals surface area (Å²) in [5.74, 6) is -1.09. The van der Waals surface area contributed by atoms with Gasteiger partial charge < -0.3 is 9.67 Å². The first-order chi connectivity index (χ1) is 6.50. The molecule has 0 atom stereocenters. The van der Waals surface area contributed by atoms with Gasteiger partial charge in [0.15, 0.2) is 0 Å². The molecule has 0 unspecified atom stereocenters. The summed E-state index contributed by atoms with van der Waals surface area (Å²) >= 11 is 0. The molecule has 0 amide bonds. The minimum Gasteiger partial charge on any atom is -0.478 e. The molecule has 0 aliphatic rings. The number of aromatic nitrogens is 1. The lowest BCUT2D eigenvalue weighted by Gasteiger charge is -1.91. The zero-order chi connectivity index (χ0) is 10.7. The minimum atomic E-state index is -1.09. The lowest BCUT2D eigenvalue weighted by molar-refractivity contribution is -0.384. The van der Waals surface area contributed by atoms with E-state index < -0.39 is 10.9 Å². The van der Waals surface area contributed by atoms with Crippen molar-refractivity contribution >= 4 is 17.7 Å². The fraction of sp³-hybridized carbons (Fsp3) is 0.125. The maximum atomic E-state index is 10.4. The highest BCUT2D eigenvalue weighted by Crippen LogP contribution is 2.15. The van der Waals surface area contributed by atoms with Crippen LogP contribution in [0.1, 0.15) is 5.69 Å². The second-order valence-corrected chi connectivity index (χ2v) is 2.66. The van der Waals surface area contributed by atoms with E-state index in [1.165, 1.54) is 22.9 Å². The van der Waals surface area contributed by atoms with Gasteiger partial charge in [-0.15, -0.1) is 0 Å². The van der Waals surface area contributed by atoms with E-state index in [-0.39, 0.29) is 5.69 Å². The number of carbonyl (C=O) groups is 1. The van der Waals surface area contributed by atoms with Crippen LogP contribution in [0.2, 0.25) is 0 Å². The molecule has 74 valence electrons. The number of carboxylic acids is 1. The summed E-state index contributed by atoms with van der Waals surface area (Å²) < 4.78 is 1.48. The maximum Gasteiger partial charge on any atom is 0.328 e. The van der Waals surface area contributed by atoms with E-state index in [4.69, 9.17) is 5.11 Å². The highest BCUT2D eigenvalue weighted by atomic mass is 16.6. The highest BCUT2D eigenvalue weighted by molar-refractivity contribution is 5.85. The summed E-state index contributed by atoms with van der Waals surface area (Å²) in [6, 6.07) is 1.30. The molecule has 6 heteroatoms. The molecule has 0 aliphatic heterocycles. The van der Waals surface area contributed by atoms with Gasteiger partial charge in [-0.05, 0) is 6.08 Å². The Labute approximate surface area is 79.2 Å². The first kappa shape index (κ1) is 9.97. The summed E-state index contributed by atoms with van der Waals surface area (Å²) in [6.07, 6.45) is 3.55. The number of carboxylic acid groups (broad SMARTS) is 1. The van der Waals surface area contributed by atoms with E-state index in [2.05, 4.69) is 0 Å². The third-order valence-corrected chi connectivity index (χ3v) is 1.64. The van der Waals surface area contributed by atoms with Crippen LogP contribution in [-0.4, -0.2) is 20.6 Å². The molecular weight excluding hydrogens is 188 g/mol. The Kier molecular flexibility index (Phi) is 2.66. The van der Waals surface area contributed by atoms with Gasteiger partial charge in [-0.3, -0.25) is 10.1 Å². The van der Waals surface area contributed by atoms with Gasteiger partial charge in [0.05, 0.1) is 11.1 Å². The Morgan fingerprint density at radius 3 is 2.79 bits per heavy atom. The number of nitro groups is 1. The Balaban J connectivity index is 2.99. The molecule has 0 spiro atoms. The van der Waals surface area contributed by atoms with Crippen molar-refractivity contribution in [1.82, 2.24) is 4.57 Å². The van der Waals surface area contributed by atoms with Gasteiger partial charge in [0.25, 0.3) is 5.69 Å². The molecule has 1 rings (SSSR count). The molecule has 0 radical (unpaired) electrons. The molecule has 1 heterocycles. The molecule has 0 bridgehead atoms. The number of aryl methyl sites for hydroxylation is 1. The zero-order valence-corrected chi connectivity index (χ0v) is 7.38. The first-order valence-electron chi connectivity index (χ1n) is 3.72. The first-order valence-corrected chi connectivity index (χ1v) is 3.72. The monoisotopic (exact) mass is 196 g/mol.